The molecule has 0 aliphatic rings. The van der Waals surface area contributed by atoms with E-state index in [2.05, 4.69) is 15.6 Å². The largest absolute Gasteiger partial charge is 0.417 e. The summed E-state index contributed by atoms with van der Waals surface area (Å²) < 4.78 is 10.1. The average Bonchev–Trinajstić information content (AvgIpc) is 2.54. The van der Waals surface area contributed by atoms with E-state index in [0.29, 0.717) is 24.6 Å². The van der Waals surface area contributed by atoms with Gasteiger partial charge in [-0.3, -0.25) is 10.3 Å². The Balaban J connectivity index is 1.79. The monoisotopic (exact) mass is 301 g/mol. The molecule has 0 spiro atoms. The Morgan fingerprint density at radius 3 is 2.68 bits per heavy atom. The van der Waals surface area contributed by atoms with Gasteiger partial charge in [0.05, 0.1) is 24.2 Å². The number of anilines is 1. The number of para-hydroxylation sites is 1. The van der Waals surface area contributed by atoms with Crippen molar-refractivity contribution in [3.63, 3.8) is 0 Å². The van der Waals surface area contributed by atoms with Crippen molar-refractivity contribution in [1.82, 2.24) is 10.3 Å². The van der Waals surface area contributed by atoms with Crippen LogP contribution < -0.4 is 15.4 Å². The number of carbonyl (C=O) groups is 1. The number of rotatable bonds is 7. The van der Waals surface area contributed by atoms with E-state index < -0.39 is 6.09 Å². The first-order valence-electron chi connectivity index (χ1n) is 6.96. The van der Waals surface area contributed by atoms with Crippen molar-refractivity contribution in [3.8, 4) is 5.75 Å². The summed E-state index contributed by atoms with van der Waals surface area (Å²) in [5.41, 5.74) is 1.47. The van der Waals surface area contributed by atoms with E-state index in [4.69, 9.17) is 9.47 Å². The summed E-state index contributed by atoms with van der Waals surface area (Å²) in [5, 5.41) is 5.83. The molecule has 1 aromatic heterocycles. The van der Waals surface area contributed by atoms with E-state index >= 15 is 0 Å². The molecule has 1 heterocycles. The van der Waals surface area contributed by atoms with Crippen molar-refractivity contribution >= 4 is 11.8 Å². The lowest BCUT2D eigenvalue weighted by Gasteiger charge is -2.07. The quantitative estimate of drug-likeness (QED) is 0.768. The maximum atomic E-state index is 11.7. The fourth-order valence-corrected chi connectivity index (χ4v) is 1.73. The maximum absolute atomic E-state index is 11.7. The van der Waals surface area contributed by atoms with Gasteiger partial charge in [0, 0.05) is 20.2 Å². The highest BCUT2D eigenvalue weighted by Gasteiger charge is 2.05. The first-order chi connectivity index (χ1) is 10.8. The Kier molecular flexibility index (Phi) is 6.35. The predicted molar refractivity (Wildman–Crippen MR) is 83.9 cm³/mol. The van der Waals surface area contributed by atoms with Crippen LogP contribution in [0.4, 0.5) is 10.5 Å². The van der Waals surface area contributed by atoms with Crippen molar-refractivity contribution in [1.29, 1.82) is 0 Å². The fourth-order valence-electron chi connectivity index (χ4n) is 1.73. The molecule has 1 amide bonds. The number of nitrogens with zero attached hydrogens (tertiary/aromatic N) is 1. The number of aromatic nitrogens is 1. The summed E-state index contributed by atoms with van der Waals surface area (Å²) in [5.74, 6) is 0.493. The standard InChI is InChI=1S/C16H19N3O3/c1-21-10-9-17-11-13-7-8-14(12-18-13)19-16(20)22-15-5-3-2-4-6-15/h2-8,12,17H,9-11H2,1H3,(H,19,20). The zero-order chi connectivity index (χ0) is 15.6. The van der Waals surface area contributed by atoms with Gasteiger partial charge in [0.2, 0.25) is 0 Å². The number of hydrogen-bond donors (Lipinski definition) is 2. The SMILES string of the molecule is COCCNCc1ccc(NC(=O)Oc2ccccc2)cn1. The number of nitrogens with one attached hydrogen (secondary N) is 2. The van der Waals surface area contributed by atoms with E-state index in [0.717, 1.165) is 12.2 Å². The van der Waals surface area contributed by atoms with Crippen molar-refractivity contribution in [2.75, 3.05) is 25.6 Å². The number of carbonyl (C=O) groups excluding carboxylic acids is 1. The van der Waals surface area contributed by atoms with Crippen molar-refractivity contribution in [2.45, 2.75) is 6.54 Å². The molecule has 0 radical (unpaired) electrons. The third kappa shape index (κ3) is 5.51. The summed E-state index contributed by atoms with van der Waals surface area (Å²) in [6.45, 7) is 2.07. The van der Waals surface area contributed by atoms with Crippen LogP contribution in [0, 0.1) is 0 Å². The van der Waals surface area contributed by atoms with Gasteiger partial charge < -0.3 is 14.8 Å². The Hall–Kier alpha value is -2.44. The highest BCUT2D eigenvalue weighted by atomic mass is 16.6. The lowest BCUT2D eigenvalue weighted by Crippen LogP contribution is -2.19. The van der Waals surface area contributed by atoms with Gasteiger partial charge >= 0.3 is 6.09 Å². The number of hydrogen-bond acceptors (Lipinski definition) is 5. The molecule has 1 aromatic carbocycles. The van der Waals surface area contributed by atoms with E-state index in [1.165, 1.54) is 0 Å². The zero-order valence-corrected chi connectivity index (χ0v) is 12.4. The Morgan fingerprint density at radius 2 is 2.00 bits per heavy atom. The highest BCUT2D eigenvalue weighted by Crippen LogP contribution is 2.11. The molecule has 0 aliphatic heterocycles. The second-order valence-electron chi connectivity index (χ2n) is 4.54. The van der Waals surface area contributed by atoms with E-state index in [-0.39, 0.29) is 0 Å². The van der Waals surface area contributed by atoms with Gasteiger partial charge in [0.1, 0.15) is 5.75 Å². The molecule has 0 saturated carbocycles. The minimum absolute atomic E-state index is 0.493. The van der Waals surface area contributed by atoms with Gasteiger partial charge in [-0.25, -0.2) is 4.79 Å². The van der Waals surface area contributed by atoms with Crippen molar-refractivity contribution in [2.24, 2.45) is 0 Å². The van der Waals surface area contributed by atoms with E-state index in [1.54, 1.807) is 43.6 Å². The van der Waals surface area contributed by atoms with Gasteiger partial charge in [0.15, 0.2) is 0 Å². The molecule has 22 heavy (non-hydrogen) atoms. The molecule has 0 bridgehead atoms. The van der Waals surface area contributed by atoms with Gasteiger partial charge in [0.25, 0.3) is 0 Å². The molecule has 0 fully saturated rings. The van der Waals surface area contributed by atoms with Gasteiger partial charge in [-0.15, -0.1) is 0 Å². The molecule has 0 aliphatic carbocycles. The molecule has 6 heteroatoms. The molecule has 2 rings (SSSR count). The first kappa shape index (κ1) is 15.9. The zero-order valence-electron chi connectivity index (χ0n) is 12.4. The van der Waals surface area contributed by atoms with Crippen molar-refractivity contribution < 1.29 is 14.3 Å². The average molecular weight is 301 g/mol. The molecular weight excluding hydrogens is 282 g/mol. The molecule has 0 atom stereocenters. The van der Waals surface area contributed by atoms with Crippen LogP contribution in [0.25, 0.3) is 0 Å². The first-order valence-corrected chi connectivity index (χ1v) is 6.96. The minimum atomic E-state index is -0.543. The van der Waals surface area contributed by atoms with Crippen LogP contribution in [-0.4, -0.2) is 31.3 Å². The summed E-state index contributed by atoms with van der Waals surface area (Å²) in [7, 11) is 1.66. The predicted octanol–water partition coefficient (Wildman–Crippen LogP) is 2.43. The highest BCUT2D eigenvalue weighted by molar-refractivity contribution is 5.85. The van der Waals surface area contributed by atoms with Crippen LogP contribution in [0.2, 0.25) is 0 Å². The van der Waals surface area contributed by atoms with Crippen LogP contribution in [-0.2, 0) is 11.3 Å². The molecular formula is C16H19N3O3. The Bertz CT molecular complexity index is 573. The van der Waals surface area contributed by atoms with Crippen LogP contribution >= 0.6 is 0 Å². The summed E-state index contributed by atoms with van der Waals surface area (Å²) in [6.07, 6.45) is 1.05. The third-order valence-electron chi connectivity index (χ3n) is 2.81. The number of pyridine rings is 1. The second-order valence-corrected chi connectivity index (χ2v) is 4.54. The third-order valence-corrected chi connectivity index (χ3v) is 2.81. The Labute approximate surface area is 129 Å². The van der Waals surface area contributed by atoms with Crippen LogP contribution in [0.1, 0.15) is 5.69 Å². The van der Waals surface area contributed by atoms with Crippen molar-refractivity contribution in [3.05, 3.63) is 54.4 Å². The molecule has 6 nitrogen and oxygen atoms in total. The topological polar surface area (TPSA) is 72.5 Å². The Morgan fingerprint density at radius 1 is 1.18 bits per heavy atom. The summed E-state index contributed by atoms with van der Waals surface area (Å²) in [4.78, 5) is 16.0. The lowest BCUT2D eigenvalue weighted by atomic mass is 10.3. The second kappa shape index (κ2) is 8.76. The normalized spacial score (nSPS) is 10.2. The van der Waals surface area contributed by atoms with Gasteiger partial charge in [-0.05, 0) is 24.3 Å². The summed E-state index contributed by atoms with van der Waals surface area (Å²) >= 11 is 0. The number of benzene rings is 1. The van der Waals surface area contributed by atoms with E-state index in [1.807, 2.05) is 12.1 Å². The molecule has 0 unspecified atom stereocenters. The van der Waals surface area contributed by atoms with Gasteiger partial charge in [-0.1, -0.05) is 18.2 Å². The molecule has 2 aromatic rings. The molecule has 2 N–H and O–H groups in total. The minimum Gasteiger partial charge on any atom is -0.410 e. The maximum Gasteiger partial charge on any atom is 0.417 e. The summed E-state index contributed by atoms with van der Waals surface area (Å²) in [6, 6.07) is 12.5. The number of methoxy groups -OCH3 is 1. The van der Waals surface area contributed by atoms with Crippen LogP contribution in [0.15, 0.2) is 48.7 Å². The lowest BCUT2D eigenvalue weighted by molar-refractivity contribution is 0.199. The van der Waals surface area contributed by atoms with E-state index in [9.17, 15) is 4.79 Å². The van der Waals surface area contributed by atoms with Gasteiger partial charge in [-0.2, -0.15) is 0 Å². The van der Waals surface area contributed by atoms with Crippen LogP contribution in [0.5, 0.6) is 5.75 Å². The number of amides is 1. The van der Waals surface area contributed by atoms with Crippen LogP contribution in [0.3, 0.4) is 0 Å². The molecule has 116 valence electrons. The molecule has 0 saturated heterocycles. The fraction of sp³-hybridized carbons (Fsp3) is 0.250. The smallest absolute Gasteiger partial charge is 0.410 e. The number of ether oxygens (including phenoxy) is 2.